The van der Waals surface area contributed by atoms with Gasteiger partial charge in [0.25, 0.3) is 0 Å². The molecule has 1 atom stereocenters. The Labute approximate surface area is 126 Å². The predicted octanol–water partition coefficient (Wildman–Crippen LogP) is 4.61. The summed E-state index contributed by atoms with van der Waals surface area (Å²) in [5.41, 5.74) is 0.500. The fourth-order valence-electron chi connectivity index (χ4n) is 1.81. The summed E-state index contributed by atoms with van der Waals surface area (Å²) in [5, 5.41) is 0.411. The Morgan fingerprint density at radius 1 is 1.10 bits per heavy atom. The number of benzene rings is 1. The summed E-state index contributed by atoms with van der Waals surface area (Å²) < 4.78 is 11.0. The van der Waals surface area contributed by atoms with Gasteiger partial charge in [0, 0.05) is 17.5 Å². The second-order valence-corrected chi connectivity index (χ2v) is 5.45. The topological polar surface area (TPSA) is 35.5 Å². The molecule has 0 N–H and O–H groups in total. The van der Waals surface area contributed by atoms with E-state index in [1.807, 2.05) is 34.6 Å². The number of halogens is 1. The van der Waals surface area contributed by atoms with Gasteiger partial charge in [-0.25, -0.2) is 0 Å². The van der Waals surface area contributed by atoms with Crippen LogP contribution >= 0.6 is 11.6 Å². The average molecular weight is 299 g/mol. The minimum Gasteiger partial charge on any atom is -0.490 e. The van der Waals surface area contributed by atoms with E-state index < -0.39 is 0 Å². The zero-order valence-electron chi connectivity index (χ0n) is 12.8. The summed E-state index contributed by atoms with van der Waals surface area (Å²) in [6.07, 6.45) is 0. The van der Waals surface area contributed by atoms with Gasteiger partial charge in [0.2, 0.25) is 0 Å². The zero-order valence-corrected chi connectivity index (χ0v) is 13.6. The molecular weight excluding hydrogens is 276 g/mol. The second kappa shape index (κ2) is 7.53. The standard InChI is InChI=1S/C16H23ClO3/c1-6-19-14-8-12(16(18)11(5)10(3)4)13(17)9-15(14)20-7-2/h8-11H,6-7H2,1-5H3. The third-order valence-corrected chi connectivity index (χ3v) is 3.62. The minimum absolute atomic E-state index is 0.0361. The summed E-state index contributed by atoms with van der Waals surface area (Å²) >= 11 is 6.22. The van der Waals surface area contributed by atoms with Crippen molar-refractivity contribution in [2.75, 3.05) is 13.2 Å². The Morgan fingerprint density at radius 3 is 2.05 bits per heavy atom. The lowest BCUT2D eigenvalue weighted by Gasteiger charge is -2.17. The van der Waals surface area contributed by atoms with Crippen LogP contribution < -0.4 is 9.47 Å². The maximum Gasteiger partial charge on any atom is 0.167 e. The van der Waals surface area contributed by atoms with Crippen LogP contribution in [0.2, 0.25) is 5.02 Å². The van der Waals surface area contributed by atoms with E-state index >= 15 is 0 Å². The van der Waals surface area contributed by atoms with Crippen molar-refractivity contribution < 1.29 is 14.3 Å². The van der Waals surface area contributed by atoms with E-state index in [2.05, 4.69) is 0 Å². The van der Waals surface area contributed by atoms with E-state index in [0.717, 1.165) is 0 Å². The monoisotopic (exact) mass is 298 g/mol. The van der Waals surface area contributed by atoms with Gasteiger partial charge in [0.1, 0.15) is 0 Å². The van der Waals surface area contributed by atoms with Gasteiger partial charge in [0.15, 0.2) is 17.3 Å². The molecular formula is C16H23ClO3. The Bertz CT molecular complexity index is 469. The maximum atomic E-state index is 12.5. The molecule has 1 unspecified atom stereocenters. The van der Waals surface area contributed by atoms with Crippen molar-refractivity contribution in [3.05, 3.63) is 22.7 Å². The summed E-state index contributed by atoms with van der Waals surface area (Å²) in [5.74, 6) is 1.36. The molecule has 0 aromatic heterocycles. The molecule has 0 aliphatic carbocycles. The number of carbonyl (C=O) groups is 1. The van der Waals surface area contributed by atoms with Crippen molar-refractivity contribution in [3.8, 4) is 11.5 Å². The van der Waals surface area contributed by atoms with Crippen LogP contribution in [-0.2, 0) is 0 Å². The van der Waals surface area contributed by atoms with E-state index in [-0.39, 0.29) is 17.6 Å². The summed E-state index contributed by atoms with van der Waals surface area (Å²) in [4.78, 5) is 12.5. The van der Waals surface area contributed by atoms with Crippen LogP contribution in [0.15, 0.2) is 12.1 Å². The molecule has 0 bridgehead atoms. The molecule has 0 heterocycles. The Kier molecular flexibility index (Phi) is 6.34. The third-order valence-electron chi connectivity index (χ3n) is 3.31. The summed E-state index contributed by atoms with van der Waals surface area (Å²) in [6.45, 7) is 10.8. The van der Waals surface area contributed by atoms with Crippen molar-refractivity contribution in [1.29, 1.82) is 0 Å². The molecule has 0 aliphatic rings. The maximum absolute atomic E-state index is 12.5. The first-order valence-electron chi connectivity index (χ1n) is 7.05. The van der Waals surface area contributed by atoms with E-state index in [0.29, 0.717) is 35.3 Å². The van der Waals surface area contributed by atoms with Crippen LogP contribution in [0.3, 0.4) is 0 Å². The molecule has 1 aromatic rings. The number of ether oxygens (including phenoxy) is 2. The van der Waals surface area contributed by atoms with Crippen molar-refractivity contribution in [2.24, 2.45) is 11.8 Å². The highest BCUT2D eigenvalue weighted by Crippen LogP contribution is 2.35. The van der Waals surface area contributed by atoms with Crippen LogP contribution in [0.1, 0.15) is 45.0 Å². The number of ketones is 1. The fraction of sp³-hybridized carbons (Fsp3) is 0.562. The molecule has 0 amide bonds. The lowest BCUT2D eigenvalue weighted by molar-refractivity contribution is 0.0899. The highest BCUT2D eigenvalue weighted by atomic mass is 35.5. The highest BCUT2D eigenvalue weighted by Gasteiger charge is 2.23. The average Bonchev–Trinajstić information content (AvgIpc) is 2.40. The first-order valence-corrected chi connectivity index (χ1v) is 7.43. The van der Waals surface area contributed by atoms with Gasteiger partial charge < -0.3 is 9.47 Å². The van der Waals surface area contributed by atoms with E-state index in [9.17, 15) is 4.79 Å². The first-order chi connectivity index (χ1) is 9.42. The fourth-order valence-corrected chi connectivity index (χ4v) is 2.06. The largest absolute Gasteiger partial charge is 0.490 e. The van der Waals surface area contributed by atoms with Crippen molar-refractivity contribution in [1.82, 2.24) is 0 Å². The molecule has 0 saturated carbocycles. The lowest BCUT2D eigenvalue weighted by atomic mass is 9.89. The molecule has 0 spiro atoms. The lowest BCUT2D eigenvalue weighted by Crippen LogP contribution is -2.17. The highest BCUT2D eigenvalue weighted by molar-refractivity contribution is 6.34. The number of hydrogen-bond acceptors (Lipinski definition) is 3. The second-order valence-electron chi connectivity index (χ2n) is 5.04. The molecule has 20 heavy (non-hydrogen) atoms. The van der Waals surface area contributed by atoms with E-state index in [1.54, 1.807) is 12.1 Å². The van der Waals surface area contributed by atoms with Crippen LogP contribution in [0.5, 0.6) is 11.5 Å². The quantitative estimate of drug-likeness (QED) is 0.689. The van der Waals surface area contributed by atoms with Crippen molar-refractivity contribution >= 4 is 17.4 Å². The number of rotatable bonds is 7. The van der Waals surface area contributed by atoms with E-state index in [1.165, 1.54) is 0 Å². The molecule has 0 fully saturated rings. The van der Waals surface area contributed by atoms with Crippen LogP contribution in [0.4, 0.5) is 0 Å². The Balaban J connectivity index is 3.20. The molecule has 0 aliphatic heterocycles. The van der Waals surface area contributed by atoms with E-state index in [4.69, 9.17) is 21.1 Å². The normalized spacial score (nSPS) is 12.3. The number of carbonyl (C=O) groups excluding carboxylic acids is 1. The van der Waals surface area contributed by atoms with Gasteiger partial charge in [0.05, 0.1) is 18.2 Å². The number of Topliss-reactive ketones (excluding diaryl/α,β-unsaturated/α-hetero) is 1. The Hall–Kier alpha value is -1.22. The van der Waals surface area contributed by atoms with Crippen molar-refractivity contribution in [2.45, 2.75) is 34.6 Å². The molecule has 1 aromatic carbocycles. The van der Waals surface area contributed by atoms with Gasteiger partial charge >= 0.3 is 0 Å². The molecule has 112 valence electrons. The third kappa shape index (κ3) is 3.89. The van der Waals surface area contributed by atoms with Gasteiger partial charge in [-0.1, -0.05) is 32.4 Å². The Morgan fingerprint density at radius 2 is 1.60 bits per heavy atom. The van der Waals surface area contributed by atoms with Gasteiger partial charge in [-0.2, -0.15) is 0 Å². The SMILES string of the molecule is CCOc1cc(Cl)c(C(=O)C(C)C(C)C)cc1OCC. The van der Waals surface area contributed by atoms with Crippen LogP contribution in [0, 0.1) is 11.8 Å². The van der Waals surface area contributed by atoms with Crippen LogP contribution in [-0.4, -0.2) is 19.0 Å². The predicted molar refractivity (Wildman–Crippen MR) is 82.1 cm³/mol. The van der Waals surface area contributed by atoms with Gasteiger partial charge in [-0.3, -0.25) is 4.79 Å². The van der Waals surface area contributed by atoms with Crippen LogP contribution in [0.25, 0.3) is 0 Å². The molecule has 4 heteroatoms. The molecule has 0 saturated heterocycles. The smallest absolute Gasteiger partial charge is 0.167 e. The molecule has 3 nitrogen and oxygen atoms in total. The molecule has 0 radical (unpaired) electrons. The zero-order chi connectivity index (χ0) is 15.3. The summed E-state index contributed by atoms with van der Waals surface area (Å²) in [6, 6.07) is 3.36. The van der Waals surface area contributed by atoms with Gasteiger partial charge in [-0.15, -0.1) is 0 Å². The first kappa shape index (κ1) is 16.8. The number of hydrogen-bond donors (Lipinski definition) is 0. The minimum atomic E-state index is -0.0834. The molecule has 1 rings (SSSR count). The summed E-state index contributed by atoms with van der Waals surface area (Å²) in [7, 11) is 0. The van der Waals surface area contributed by atoms with Gasteiger partial charge in [-0.05, 0) is 25.8 Å². The van der Waals surface area contributed by atoms with Crippen molar-refractivity contribution in [3.63, 3.8) is 0 Å².